The molecule has 0 unspecified atom stereocenters. The van der Waals surface area contributed by atoms with Gasteiger partial charge >= 0.3 is 11.9 Å². The summed E-state index contributed by atoms with van der Waals surface area (Å²) in [5, 5.41) is 1.85. The van der Waals surface area contributed by atoms with E-state index in [1.807, 2.05) is 0 Å². The van der Waals surface area contributed by atoms with Gasteiger partial charge < -0.3 is 9.47 Å². The van der Waals surface area contributed by atoms with E-state index >= 15 is 0 Å². The number of hydrogen-bond acceptors (Lipinski definition) is 7. The van der Waals surface area contributed by atoms with Crippen molar-refractivity contribution in [2.75, 3.05) is 14.2 Å². The summed E-state index contributed by atoms with van der Waals surface area (Å²) in [6.07, 6.45) is 0. The van der Waals surface area contributed by atoms with Crippen LogP contribution in [0.1, 0.15) is 11.6 Å². The maximum absolute atomic E-state index is 13.5. The first-order valence-corrected chi connectivity index (χ1v) is 10.7. The second kappa shape index (κ2) is 8.52. The monoisotopic (exact) mass is 437 g/mol. The zero-order chi connectivity index (χ0) is 21.2. The molecule has 1 saturated heterocycles. The highest BCUT2D eigenvalue weighted by molar-refractivity contribution is 7.92. The molecule has 4 atom stereocenters. The van der Waals surface area contributed by atoms with E-state index in [2.05, 4.69) is 5.32 Å². The first-order valence-electron chi connectivity index (χ1n) is 8.78. The van der Waals surface area contributed by atoms with E-state index in [9.17, 15) is 18.0 Å². The van der Waals surface area contributed by atoms with Gasteiger partial charge in [0.25, 0.3) is 0 Å². The van der Waals surface area contributed by atoms with Crippen molar-refractivity contribution in [3.63, 3.8) is 0 Å². The number of rotatable bonds is 5. The van der Waals surface area contributed by atoms with Gasteiger partial charge in [0.1, 0.15) is 11.3 Å². The highest BCUT2D eigenvalue weighted by Gasteiger charge is 2.57. The Hall–Kier alpha value is -2.42. The lowest BCUT2D eigenvalue weighted by atomic mass is 9.93. The first-order chi connectivity index (χ1) is 13.8. The number of hydrogen-bond donors (Lipinski definition) is 1. The Kier molecular flexibility index (Phi) is 6.26. The molecule has 0 radical (unpaired) electrons. The van der Waals surface area contributed by atoms with E-state index in [1.165, 1.54) is 19.2 Å². The number of benzene rings is 2. The third kappa shape index (κ3) is 3.88. The maximum Gasteiger partial charge on any atom is 0.324 e. The van der Waals surface area contributed by atoms with E-state index in [1.54, 1.807) is 42.5 Å². The van der Waals surface area contributed by atoms with Gasteiger partial charge in [0.2, 0.25) is 0 Å². The SMILES string of the molecule is COC(=O)[C@H]1[C@@H](S(=O)(=O)c2ccccc2)[C@@H](C(=O)OC)N[C@H]1c1ccccc1Cl. The molecule has 9 heteroatoms. The molecule has 0 aromatic heterocycles. The molecule has 0 aliphatic carbocycles. The number of halogens is 1. The van der Waals surface area contributed by atoms with Crippen molar-refractivity contribution in [1.29, 1.82) is 0 Å². The van der Waals surface area contributed by atoms with Gasteiger partial charge in [0.15, 0.2) is 9.84 Å². The molecule has 0 bridgehead atoms. The quantitative estimate of drug-likeness (QED) is 0.715. The van der Waals surface area contributed by atoms with Gasteiger partial charge in [0.05, 0.1) is 25.0 Å². The summed E-state index contributed by atoms with van der Waals surface area (Å²) in [7, 11) is -1.78. The topological polar surface area (TPSA) is 98.8 Å². The van der Waals surface area contributed by atoms with Crippen LogP contribution in [0.15, 0.2) is 59.5 Å². The van der Waals surface area contributed by atoms with Gasteiger partial charge in [-0.2, -0.15) is 0 Å². The van der Waals surface area contributed by atoms with Crippen LogP contribution in [0.5, 0.6) is 0 Å². The second-order valence-electron chi connectivity index (χ2n) is 6.54. The normalized spacial score (nSPS) is 24.1. The van der Waals surface area contributed by atoms with E-state index in [-0.39, 0.29) is 4.90 Å². The average molecular weight is 438 g/mol. The zero-order valence-corrected chi connectivity index (χ0v) is 17.3. The summed E-state index contributed by atoms with van der Waals surface area (Å²) in [5.74, 6) is -2.77. The van der Waals surface area contributed by atoms with Crippen molar-refractivity contribution in [3.05, 3.63) is 65.2 Å². The fraction of sp³-hybridized carbons (Fsp3) is 0.300. The Labute approximate surface area is 173 Å². The van der Waals surface area contributed by atoms with E-state index in [0.29, 0.717) is 10.6 Å². The van der Waals surface area contributed by atoms with Gasteiger partial charge in [-0.25, -0.2) is 8.42 Å². The van der Waals surface area contributed by atoms with E-state index in [4.69, 9.17) is 21.1 Å². The van der Waals surface area contributed by atoms with Crippen molar-refractivity contribution in [3.8, 4) is 0 Å². The molecule has 2 aromatic carbocycles. The largest absolute Gasteiger partial charge is 0.469 e. The fourth-order valence-corrected chi connectivity index (χ4v) is 5.98. The molecule has 2 aromatic rings. The van der Waals surface area contributed by atoms with Crippen LogP contribution < -0.4 is 5.32 Å². The molecule has 0 spiro atoms. The molecule has 0 saturated carbocycles. The van der Waals surface area contributed by atoms with Crippen molar-refractivity contribution in [2.45, 2.75) is 22.2 Å². The molecular formula is C20H20ClNO6S. The van der Waals surface area contributed by atoms with Crippen molar-refractivity contribution >= 4 is 33.4 Å². The second-order valence-corrected chi connectivity index (χ2v) is 9.05. The third-order valence-electron chi connectivity index (χ3n) is 5.00. The predicted octanol–water partition coefficient (Wildman–Crippen LogP) is 2.16. The molecule has 154 valence electrons. The number of carbonyl (C=O) groups is 2. The summed E-state index contributed by atoms with van der Waals surface area (Å²) in [6.45, 7) is 0. The molecular weight excluding hydrogens is 418 g/mol. The summed E-state index contributed by atoms with van der Waals surface area (Å²) in [4.78, 5) is 25.2. The van der Waals surface area contributed by atoms with Gasteiger partial charge in [-0.3, -0.25) is 14.9 Å². The van der Waals surface area contributed by atoms with Crippen LogP contribution in [0.3, 0.4) is 0 Å². The average Bonchev–Trinajstić information content (AvgIpc) is 3.14. The van der Waals surface area contributed by atoms with Gasteiger partial charge in [0, 0.05) is 11.1 Å². The van der Waals surface area contributed by atoms with E-state index < -0.39 is 45.0 Å². The molecule has 7 nitrogen and oxygen atoms in total. The number of ether oxygens (including phenoxy) is 2. The fourth-order valence-electron chi connectivity index (χ4n) is 3.67. The number of methoxy groups -OCH3 is 2. The third-order valence-corrected chi connectivity index (χ3v) is 7.55. The minimum Gasteiger partial charge on any atom is -0.469 e. The van der Waals surface area contributed by atoms with Crippen LogP contribution in [0.25, 0.3) is 0 Å². The van der Waals surface area contributed by atoms with Crippen LogP contribution in [0.4, 0.5) is 0 Å². The Bertz CT molecular complexity index is 1010. The minimum atomic E-state index is -4.11. The van der Waals surface area contributed by atoms with Crippen LogP contribution in [0.2, 0.25) is 5.02 Å². The van der Waals surface area contributed by atoms with Crippen LogP contribution in [-0.2, 0) is 28.9 Å². The van der Waals surface area contributed by atoms with Crippen LogP contribution in [0, 0.1) is 5.92 Å². The Balaban J connectivity index is 2.20. The molecule has 1 heterocycles. The Morgan fingerprint density at radius 3 is 2.10 bits per heavy atom. The van der Waals surface area contributed by atoms with Crippen molar-refractivity contribution in [2.24, 2.45) is 5.92 Å². The van der Waals surface area contributed by atoms with E-state index in [0.717, 1.165) is 7.11 Å². The molecule has 1 fully saturated rings. The smallest absolute Gasteiger partial charge is 0.324 e. The lowest BCUT2D eigenvalue weighted by molar-refractivity contribution is -0.145. The van der Waals surface area contributed by atoms with Gasteiger partial charge in [-0.05, 0) is 23.8 Å². The van der Waals surface area contributed by atoms with Crippen molar-refractivity contribution in [1.82, 2.24) is 5.32 Å². The Morgan fingerprint density at radius 2 is 1.52 bits per heavy atom. The maximum atomic E-state index is 13.5. The lowest BCUT2D eigenvalue weighted by Gasteiger charge is -2.23. The summed E-state index contributed by atoms with van der Waals surface area (Å²) in [6, 6.07) is 12.2. The summed E-state index contributed by atoms with van der Waals surface area (Å²) in [5.41, 5.74) is 0.490. The molecule has 0 amide bonds. The molecule has 1 aliphatic rings. The Morgan fingerprint density at radius 1 is 0.931 bits per heavy atom. The number of sulfone groups is 1. The predicted molar refractivity (Wildman–Crippen MR) is 106 cm³/mol. The minimum absolute atomic E-state index is 0.00517. The zero-order valence-electron chi connectivity index (χ0n) is 15.7. The standard InChI is InChI=1S/C20H20ClNO6S/c1-27-19(23)15-16(13-10-6-7-11-14(13)21)22-17(20(24)28-2)18(15)29(25,26)12-8-4-3-5-9-12/h3-11,15-18,22H,1-2H3/t15-,16+,17+,18-/m1/s1. The summed E-state index contributed by atoms with van der Waals surface area (Å²) < 4.78 is 36.7. The molecule has 1 aliphatic heterocycles. The molecule has 1 N–H and O–H groups in total. The van der Waals surface area contributed by atoms with Crippen LogP contribution >= 0.6 is 11.6 Å². The van der Waals surface area contributed by atoms with Crippen molar-refractivity contribution < 1.29 is 27.5 Å². The van der Waals surface area contributed by atoms with Crippen LogP contribution in [-0.4, -0.2) is 45.9 Å². The molecule has 3 rings (SSSR count). The lowest BCUT2D eigenvalue weighted by Crippen LogP contribution is -2.45. The van der Waals surface area contributed by atoms with Gasteiger partial charge in [-0.1, -0.05) is 48.0 Å². The number of nitrogens with one attached hydrogen (secondary N) is 1. The van der Waals surface area contributed by atoms with Gasteiger partial charge in [-0.15, -0.1) is 0 Å². The highest BCUT2D eigenvalue weighted by Crippen LogP contribution is 2.42. The molecule has 29 heavy (non-hydrogen) atoms. The number of esters is 2. The highest BCUT2D eigenvalue weighted by atomic mass is 35.5. The first kappa shape index (κ1) is 21.3. The summed E-state index contributed by atoms with van der Waals surface area (Å²) >= 11 is 6.30. The number of carbonyl (C=O) groups excluding carboxylic acids is 2.